The van der Waals surface area contributed by atoms with Gasteiger partial charge in [-0.1, -0.05) is 0 Å². The van der Waals surface area contributed by atoms with Gasteiger partial charge in [-0.05, 0) is 42.3 Å². The molecular weight excluding hydrogens is 268 g/mol. The first-order valence-electron chi connectivity index (χ1n) is 7.39. The van der Waals surface area contributed by atoms with Crippen molar-refractivity contribution in [1.29, 1.82) is 0 Å². The minimum Gasteiger partial charge on any atom is -0.454 e. The van der Waals surface area contributed by atoms with Crippen molar-refractivity contribution in [3.63, 3.8) is 0 Å². The van der Waals surface area contributed by atoms with Crippen molar-refractivity contribution in [2.24, 2.45) is 5.92 Å². The maximum Gasteiger partial charge on any atom is 0.231 e. The van der Waals surface area contributed by atoms with E-state index in [2.05, 4.69) is 9.88 Å². The first-order chi connectivity index (χ1) is 10.3. The molecule has 4 rings (SSSR count). The van der Waals surface area contributed by atoms with Crippen LogP contribution in [0.4, 0.5) is 5.82 Å². The van der Waals surface area contributed by atoms with Gasteiger partial charge in [0.05, 0.1) is 0 Å². The zero-order valence-corrected chi connectivity index (χ0v) is 11.8. The molecule has 5 nitrogen and oxygen atoms in total. The van der Waals surface area contributed by atoms with E-state index in [-0.39, 0.29) is 13.4 Å². The number of hydrogen-bond donors (Lipinski definition) is 1. The maximum absolute atomic E-state index is 9.10. The van der Waals surface area contributed by atoms with Gasteiger partial charge in [-0.25, -0.2) is 4.98 Å². The number of aromatic nitrogens is 1. The molecule has 1 aromatic heterocycles. The van der Waals surface area contributed by atoms with E-state index in [1.807, 2.05) is 24.4 Å². The molecule has 0 spiro atoms. The summed E-state index contributed by atoms with van der Waals surface area (Å²) in [5, 5.41) is 11.3. The molecule has 21 heavy (non-hydrogen) atoms. The summed E-state index contributed by atoms with van der Waals surface area (Å²) in [6.07, 6.45) is 3.83. The van der Waals surface area contributed by atoms with Crippen LogP contribution in [0.25, 0.3) is 10.8 Å². The van der Waals surface area contributed by atoms with Gasteiger partial charge in [0.15, 0.2) is 11.5 Å². The average Bonchev–Trinajstić information content (AvgIpc) is 3.13. The lowest BCUT2D eigenvalue weighted by Gasteiger charge is -2.19. The summed E-state index contributed by atoms with van der Waals surface area (Å²) in [7, 11) is 0. The average molecular weight is 286 g/mol. The van der Waals surface area contributed by atoms with Gasteiger partial charge in [0.1, 0.15) is 5.82 Å². The van der Waals surface area contributed by atoms with Gasteiger partial charge in [-0.15, -0.1) is 0 Å². The molecular formula is C16H18N2O3. The molecule has 0 bridgehead atoms. The summed E-state index contributed by atoms with van der Waals surface area (Å²) in [6, 6.07) is 6.05. The second-order valence-electron chi connectivity index (χ2n) is 5.67. The summed E-state index contributed by atoms with van der Waals surface area (Å²) in [5.74, 6) is 3.16. The quantitative estimate of drug-likeness (QED) is 0.937. The third kappa shape index (κ3) is 2.17. The van der Waals surface area contributed by atoms with Crippen LogP contribution in [0, 0.1) is 5.92 Å². The molecule has 0 radical (unpaired) electrons. The highest BCUT2D eigenvalue weighted by Gasteiger charge is 2.25. The van der Waals surface area contributed by atoms with Crippen molar-refractivity contribution in [1.82, 2.24) is 4.98 Å². The van der Waals surface area contributed by atoms with Gasteiger partial charge < -0.3 is 19.5 Å². The Morgan fingerprint density at radius 3 is 3.00 bits per heavy atom. The van der Waals surface area contributed by atoms with Gasteiger partial charge in [0.25, 0.3) is 0 Å². The van der Waals surface area contributed by atoms with Crippen molar-refractivity contribution >= 4 is 16.6 Å². The molecule has 1 fully saturated rings. The van der Waals surface area contributed by atoms with Crippen LogP contribution >= 0.6 is 0 Å². The first kappa shape index (κ1) is 12.7. The molecule has 1 unspecified atom stereocenters. The van der Waals surface area contributed by atoms with Gasteiger partial charge >= 0.3 is 0 Å². The largest absolute Gasteiger partial charge is 0.454 e. The van der Waals surface area contributed by atoms with Crippen LogP contribution < -0.4 is 14.4 Å². The highest BCUT2D eigenvalue weighted by molar-refractivity contribution is 5.94. The minimum absolute atomic E-state index is 0.264. The first-order valence-corrected chi connectivity index (χ1v) is 7.39. The van der Waals surface area contributed by atoms with Crippen molar-refractivity contribution in [3.05, 3.63) is 24.4 Å². The second kappa shape index (κ2) is 5.07. The summed E-state index contributed by atoms with van der Waals surface area (Å²) in [5.41, 5.74) is 0. The lowest BCUT2D eigenvalue weighted by Crippen LogP contribution is -2.21. The van der Waals surface area contributed by atoms with Crippen LogP contribution in [0.1, 0.15) is 12.8 Å². The van der Waals surface area contributed by atoms with Crippen molar-refractivity contribution in [2.45, 2.75) is 12.8 Å². The molecule has 1 atom stereocenters. The fourth-order valence-corrected chi connectivity index (χ4v) is 3.24. The van der Waals surface area contributed by atoms with E-state index in [9.17, 15) is 0 Å². The summed E-state index contributed by atoms with van der Waals surface area (Å²) in [6.45, 7) is 2.50. The van der Waals surface area contributed by atoms with Gasteiger partial charge in [-0.3, -0.25) is 0 Å². The van der Waals surface area contributed by atoms with Crippen molar-refractivity contribution in [3.8, 4) is 11.5 Å². The zero-order valence-electron chi connectivity index (χ0n) is 11.8. The number of aliphatic hydroxyl groups is 1. The molecule has 5 heteroatoms. The number of rotatable bonds is 3. The minimum atomic E-state index is 0.264. The summed E-state index contributed by atoms with van der Waals surface area (Å²) >= 11 is 0. The van der Waals surface area contributed by atoms with Crippen LogP contribution in [0.3, 0.4) is 0 Å². The van der Waals surface area contributed by atoms with Crippen LogP contribution in [0.15, 0.2) is 24.4 Å². The Labute approximate surface area is 123 Å². The predicted molar refractivity (Wildman–Crippen MR) is 79.9 cm³/mol. The number of anilines is 1. The Balaban J connectivity index is 1.72. The number of aliphatic hydroxyl groups excluding tert-OH is 1. The van der Waals surface area contributed by atoms with E-state index in [4.69, 9.17) is 14.6 Å². The standard InChI is InChI=1S/C16H18N2O3/c19-6-3-11-2-5-18(9-11)16-13-8-15-14(20-10-21-15)7-12(13)1-4-17-16/h1,4,7-8,11,19H,2-3,5-6,9-10H2. The number of nitrogens with zero attached hydrogens (tertiary/aromatic N) is 2. The third-order valence-electron chi connectivity index (χ3n) is 4.36. The number of fused-ring (bicyclic) bond motifs is 2. The van der Waals surface area contributed by atoms with E-state index in [1.54, 1.807) is 0 Å². The third-order valence-corrected chi connectivity index (χ3v) is 4.36. The van der Waals surface area contributed by atoms with E-state index < -0.39 is 0 Å². The smallest absolute Gasteiger partial charge is 0.231 e. The normalized spacial score (nSPS) is 20.4. The molecule has 0 aliphatic carbocycles. The molecule has 1 N–H and O–H groups in total. The second-order valence-corrected chi connectivity index (χ2v) is 5.67. The van der Waals surface area contributed by atoms with Crippen LogP contribution in [0.2, 0.25) is 0 Å². The summed E-state index contributed by atoms with van der Waals surface area (Å²) < 4.78 is 10.9. The number of pyridine rings is 1. The lowest BCUT2D eigenvalue weighted by molar-refractivity contribution is 0.174. The number of ether oxygens (including phenoxy) is 2. The Morgan fingerprint density at radius 2 is 2.14 bits per heavy atom. The van der Waals surface area contributed by atoms with Crippen molar-refractivity contribution < 1.29 is 14.6 Å². The van der Waals surface area contributed by atoms with E-state index in [0.717, 1.165) is 54.0 Å². The highest BCUT2D eigenvalue weighted by Crippen LogP contribution is 2.39. The maximum atomic E-state index is 9.10. The monoisotopic (exact) mass is 286 g/mol. The molecule has 2 aliphatic rings. The van der Waals surface area contributed by atoms with Gasteiger partial charge in [0, 0.05) is 31.3 Å². The zero-order chi connectivity index (χ0) is 14.2. The molecule has 3 heterocycles. The SMILES string of the molecule is OCCC1CCN(c2nccc3cc4c(cc23)OCO4)C1. The van der Waals surface area contributed by atoms with Crippen LogP contribution in [0.5, 0.6) is 11.5 Å². The lowest BCUT2D eigenvalue weighted by atomic mass is 10.1. The van der Waals surface area contributed by atoms with E-state index in [0.29, 0.717) is 5.92 Å². The van der Waals surface area contributed by atoms with E-state index >= 15 is 0 Å². The fraction of sp³-hybridized carbons (Fsp3) is 0.438. The van der Waals surface area contributed by atoms with Gasteiger partial charge in [0.2, 0.25) is 6.79 Å². The Morgan fingerprint density at radius 1 is 1.29 bits per heavy atom. The molecule has 1 aromatic carbocycles. The molecule has 110 valence electrons. The van der Waals surface area contributed by atoms with Crippen LogP contribution in [-0.4, -0.2) is 36.6 Å². The number of benzene rings is 1. The Hall–Kier alpha value is -2.01. The molecule has 1 saturated heterocycles. The highest BCUT2D eigenvalue weighted by atomic mass is 16.7. The topological polar surface area (TPSA) is 54.8 Å². The number of hydrogen-bond acceptors (Lipinski definition) is 5. The van der Waals surface area contributed by atoms with E-state index in [1.165, 1.54) is 0 Å². The molecule has 0 saturated carbocycles. The predicted octanol–water partition coefficient (Wildman–Crippen LogP) is 2.17. The van der Waals surface area contributed by atoms with Crippen molar-refractivity contribution in [2.75, 3.05) is 31.4 Å². The van der Waals surface area contributed by atoms with Gasteiger partial charge in [-0.2, -0.15) is 0 Å². The molecule has 2 aliphatic heterocycles. The Kier molecular flexibility index (Phi) is 3.07. The Bertz CT molecular complexity index is 674. The van der Waals surface area contributed by atoms with Crippen LogP contribution in [-0.2, 0) is 0 Å². The summed E-state index contributed by atoms with van der Waals surface area (Å²) in [4.78, 5) is 6.89. The fourth-order valence-electron chi connectivity index (χ4n) is 3.24. The molecule has 0 amide bonds. The molecule has 2 aromatic rings.